The van der Waals surface area contributed by atoms with Crippen molar-refractivity contribution in [3.8, 4) is 0 Å². The molecule has 0 radical (unpaired) electrons. The molecule has 0 unspecified atom stereocenters. The fourth-order valence-corrected chi connectivity index (χ4v) is 2.54. The molecule has 1 aromatic carbocycles. The number of rotatable bonds is 4. The molecule has 22 heavy (non-hydrogen) atoms. The predicted molar refractivity (Wildman–Crippen MR) is 88.8 cm³/mol. The van der Waals surface area contributed by atoms with E-state index in [0.717, 1.165) is 11.3 Å². The van der Waals surface area contributed by atoms with E-state index in [1.807, 2.05) is 42.6 Å². The Hall–Kier alpha value is -2.73. The second-order valence-electron chi connectivity index (χ2n) is 4.73. The first kappa shape index (κ1) is 14.2. The van der Waals surface area contributed by atoms with Gasteiger partial charge in [-0.15, -0.1) is 21.5 Å². The number of benzene rings is 1. The zero-order valence-corrected chi connectivity index (χ0v) is 12.7. The smallest absolute Gasteiger partial charge is 0.266 e. The first-order valence-electron chi connectivity index (χ1n) is 6.73. The monoisotopic (exact) mass is 310 g/mol. The third-order valence-electron chi connectivity index (χ3n) is 2.94. The summed E-state index contributed by atoms with van der Waals surface area (Å²) in [5, 5.41) is 15.8. The minimum Gasteiger partial charge on any atom is -0.339 e. The highest BCUT2D eigenvalue weighted by Gasteiger charge is 2.08. The van der Waals surface area contributed by atoms with E-state index in [1.54, 1.807) is 18.2 Å². The fraction of sp³-hybridized carbons (Fsp3) is 0.0625. The molecule has 2 N–H and O–H groups in total. The summed E-state index contributed by atoms with van der Waals surface area (Å²) in [5.74, 6) is 0.872. The fourth-order valence-electron chi connectivity index (χ4n) is 1.92. The minimum absolute atomic E-state index is 0.177. The Bertz CT molecular complexity index is 769. The Balaban J connectivity index is 1.66. The molecule has 0 fully saturated rings. The standard InChI is InChI=1S/C16H14N4OS/c1-11-4-2-5-12(10-11)17-14-7-8-15(20-19-14)18-16(21)13-6-3-9-22-13/h2-10H,1H3,(H,17,19)(H,18,20,21). The van der Waals surface area contributed by atoms with Gasteiger partial charge in [-0.2, -0.15) is 0 Å². The van der Waals surface area contributed by atoms with Crippen LogP contribution in [0.5, 0.6) is 0 Å². The van der Waals surface area contributed by atoms with Gasteiger partial charge >= 0.3 is 0 Å². The van der Waals surface area contributed by atoms with Gasteiger partial charge in [0.25, 0.3) is 5.91 Å². The number of carbonyl (C=O) groups excluding carboxylic acids is 1. The Morgan fingerprint density at radius 3 is 2.55 bits per heavy atom. The molecule has 0 aliphatic rings. The average Bonchev–Trinajstić information content (AvgIpc) is 3.04. The second-order valence-corrected chi connectivity index (χ2v) is 5.68. The van der Waals surface area contributed by atoms with Gasteiger partial charge in [0.1, 0.15) is 0 Å². The van der Waals surface area contributed by atoms with Gasteiger partial charge in [0, 0.05) is 5.69 Å². The van der Waals surface area contributed by atoms with Crippen LogP contribution in [0.25, 0.3) is 0 Å². The van der Waals surface area contributed by atoms with E-state index in [4.69, 9.17) is 0 Å². The van der Waals surface area contributed by atoms with E-state index in [9.17, 15) is 4.79 Å². The van der Waals surface area contributed by atoms with Crippen LogP contribution in [0.2, 0.25) is 0 Å². The lowest BCUT2D eigenvalue weighted by Gasteiger charge is -2.07. The second kappa shape index (κ2) is 6.36. The first-order chi connectivity index (χ1) is 10.7. The van der Waals surface area contributed by atoms with Crippen molar-refractivity contribution in [2.24, 2.45) is 0 Å². The molecule has 3 rings (SSSR count). The van der Waals surface area contributed by atoms with Gasteiger partial charge in [-0.3, -0.25) is 4.79 Å². The van der Waals surface area contributed by atoms with Gasteiger partial charge < -0.3 is 10.6 Å². The van der Waals surface area contributed by atoms with Crippen molar-refractivity contribution < 1.29 is 4.79 Å². The lowest BCUT2D eigenvalue weighted by Crippen LogP contribution is -2.12. The van der Waals surface area contributed by atoms with Crippen LogP contribution in [0.15, 0.2) is 53.9 Å². The molecule has 0 aliphatic heterocycles. The number of aryl methyl sites for hydroxylation is 1. The molecular formula is C16H14N4OS. The van der Waals surface area contributed by atoms with Crippen LogP contribution < -0.4 is 10.6 Å². The summed E-state index contributed by atoms with van der Waals surface area (Å²) < 4.78 is 0. The zero-order chi connectivity index (χ0) is 15.4. The van der Waals surface area contributed by atoms with Gasteiger partial charge in [-0.25, -0.2) is 0 Å². The van der Waals surface area contributed by atoms with Crippen molar-refractivity contribution >= 4 is 34.6 Å². The van der Waals surface area contributed by atoms with E-state index in [-0.39, 0.29) is 5.91 Å². The summed E-state index contributed by atoms with van der Waals surface area (Å²) in [7, 11) is 0. The van der Waals surface area contributed by atoms with E-state index in [1.165, 1.54) is 11.3 Å². The van der Waals surface area contributed by atoms with E-state index in [0.29, 0.717) is 16.5 Å². The molecule has 110 valence electrons. The van der Waals surface area contributed by atoms with Crippen LogP contribution in [-0.4, -0.2) is 16.1 Å². The Morgan fingerprint density at radius 1 is 1.05 bits per heavy atom. The van der Waals surface area contributed by atoms with Crippen molar-refractivity contribution in [2.75, 3.05) is 10.6 Å². The molecule has 0 atom stereocenters. The topological polar surface area (TPSA) is 66.9 Å². The molecule has 0 spiro atoms. The molecule has 3 aromatic rings. The molecule has 0 saturated carbocycles. The van der Waals surface area contributed by atoms with Gasteiger partial charge in [-0.05, 0) is 48.2 Å². The summed E-state index contributed by atoms with van der Waals surface area (Å²) in [5.41, 5.74) is 2.11. The summed E-state index contributed by atoms with van der Waals surface area (Å²) in [6.45, 7) is 2.03. The number of amides is 1. The number of nitrogens with one attached hydrogen (secondary N) is 2. The maximum atomic E-state index is 11.9. The highest BCUT2D eigenvalue weighted by atomic mass is 32.1. The van der Waals surface area contributed by atoms with Crippen LogP contribution in [0, 0.1) is 6.92 Å². The number of hydrogen-bond donors (Lipinski definition) is 2. The lowest BCUT2D eigenvalue weighted by atomic mass is 10.2. The van der Waals surface area contributed by atoms with Gasteiger partial charge in [0.2, 0.25) is 0 Å². The van der Waals surface area contributed by atoms with Crippen molar-refractivity contribution in [1.82, 2.24) is 10.2 Å². The summed E-state index contributed by atoms with van der Waals surface area (Å²) in [6.07, 6.45) is 0. The van der Waals surface area contributed by atoms with Crippen LogP contribution in [0.3, 0.4) is 0 Å². The Labute approximate surface area is 132 Å². The molecule has 0 aliphatic carbocycles. The zero-order valence-electron chi connectivity index (χ0n) is 11.9. The molecule has 5 nitrogen and oxygen atoms in total. The van der Waals surface area contributed by atoms with Gasteiger partial charge in [-0.1, -0.05) is 18.2 Å². The number of thiophene rings is 1. The molecule has 6 heteroatoms. The minimum atomic E-state index is -0.177. The van der Waals surface area contributed by atoms with Crippen LogP contribution in [0.4, 0.5) is 17.3 Å². The highest BCUT2D eigenvalue weighted by Crippen LogP contribution is 2.16. The quantitative estimate of drug-likeness (QED) is 0.768. The van der Waals surface area contributed by atoms with Crippen molar-refractivity contribution in [3.05, 3.63) is 64.4 Å². The number of nitrogens with zero attached hydrogens (tertiary/aromatic N) is 2. The molecule has 2 heterocycles. The maximum Gasteiger partial charge on any atom is 0.266 e. The molecule has 0 saturated heterocycles. The van der Waals surface area contributed by atoms with Crippen molar-refractivity contribution in [2.45, 2.75) is 6.92 Å². The number of anilines is 3. The normalized spacial score (nSPS) is 10.2. The van der Waals surface area contributed by atoms with Crippen LogP contribution in [-0.2, 0) is 0 Å². The number of hydrogen-bond acceptors (Lipinski definition) is 5. The van der Waals surface area contributed by atoms with Crippen molar-refractivity contribution in [1.29, 1.82) is 0 Å². The first-order valence-corrected chi connectivity index (χ1v) is 7.61. The average molecular weight is 310 g/mol. The van der Waals surface area contributed by atoms with Gasteiger partial charge in [0.05, 0.1) is 4.88 Å². The SMILES string of the molecule is Cc1cccc(Nc2ccc(NC(=O)c3cccs3)nn2)c1. The molecule has 0 bridgehead atoms. The maximum absolute atomic E-state index is 11.9. The van der Waals surface area contributed by atoms with Crippen LogP contribution >= 0.6 is 11.3 Å². The van der Waals surface area contributed by atoms with Gasteiger partial charge in [0.15, 0.2) is 11.6 Å². The molecule has 1 amide bonds. The van der Waals surface area contributed by atoms with E-state index >= 15 is 0 Å². The van der Waals surface area contributed by atoms with E-state index in [2.05, 4.69) is 20.8 Å². The largest absolute Gasteiger partial charge is 0.339 e. The number of aromatic nitrogens is 2. The van der Waals surface area contributed by atoms with Crippen LogP contribution in [0.1, 0.15) is 15.2 Å². The van der Waals surface area contributed by atoms with Crippen molar-refractivity contribution in [3.63, 3.8) is 0 Å². The summed E-state index contributed by atoms with van der Waals surface area (Å²) in [6, 6.07) is 15.1. The third kappa shape index (κ3) is 3.48. The number of carbonyl (C=O) groups is 1. The Morgan fingerprint density at radius 2 is 1.86 bits per heavy atom. The summed E-state index contributed by atoms with van der Waals surface area (Å²) >= 11 is 1.38. The predicted octanol–water partition coefficient (Wildman–Crippen LogP) is 3.84. The Kier molecular flexibility index (Phi) is 4.11. The molecule has 2 aromatic heterocycles. The summed E-state index contributed by atoms with van der Waals surface area (Å²) in [4.78, 5) is 12.5. The lowest BCUT2D eigenvalue weighted by molar-refractivity contribution is 0.103. The third-order valence-corrected chi connectivity index (χ3v) is 3.81. The van der Waals surface area contributed by atoms with E-state index < -0.39 is 0 Å². The highest BCUT2D eigenvalue weighted by molar-refractivity contribution is 7.12. The molecular weight excluding hydrogens is 296 g/mol.